The third kappa shape index (κ3) is 2.91. The van der Waals surface area contributed by atoms with Crippen LogP contribution in [0.2, 0.25) is 0 Å². The van der Waals surface area contributed by atoms with Gasteiger partial charge in [0.2, 0.25) is 11.7 Å². The van der Waals surface area contributed by atoms with E-state index in [1.165, 1.54) is 13.0 Å². The largest absolute Gasteiger partial charge is 0.443 e. The second-order valence-corrected chi connectivity index (χ2v) is 5.29. The average molecular weight is 354 g/mol. The maximum absolute atomic E-state index is 13.4. The lowest BCUT2D eigenvalue weighted by molar-refractivity contribution is -0.387. The maximum Gasteiger partial charge on any atom is 0.306 e. The van der Waals surface area contributed by atoms with Crippen LogP contribution >= 0.6 is 0 Å². The molecule has 3 aromatic rings. The first kappa shape index (κ1) is 16.9. The van der Waals surface area contributed by atoms with Crippen molar-refractivity contribution >= 4 is 17.3 Å². The summed E-state index contributed by atoms with van der Waals surface area (Å²) in [6, 6.07) is 8.37. The average Bonchev–Trinajstić information content (AvgIpc) is 3.23. The van der Waals surface area contributed by atoms with Crippen molar-refractivity contribution < 1.29 is 18.5 Å². The summed E-state index contributed by atoms with van der Waals surface area (Å²) in [6.45, 7) is 1.52. The number of nitro groups is 1. The van der Waals surface area contributed by atoms with Crippen molar-refractivity contribution in [2.24, 2.45) is 0 Å². The minimum absolute atomic E-state index is 0.00294. The Balaban J connectivity index is 1.98. The molecule has 2 heterocycles. The van der Waals surface area contributed by atoms with Crippen LogP contribution in [0.15, 0.2) is 47.1 Å². The molecule has 1 aromatic carbocycles. The Bertz CT molecular complexity index is 1050. The Hall–Kier alpha value is -3.93. The minimum atomic E-state index is -1.01. The number of hydrogen-bond donors (Lipinski definition) is 1. The van der Waals surface area contributed by atoms with Gasteiger partial charge < -0.3 is 9.73 Å². The molecule has 0 spiro atoms. The summed E-state index contributed by atoms with van der Waals surface area (Å²) in [4.78, 5) is 22.5. The summed E-state index contributed by atoms with van der Waals surface area (Å²) in [5.74, 6) is -1.31. The predicted octanol–water partition coefficient (Wildman–Crippen LogP) is 3.55. The number of nitriles is 1. The number of nitro benzene ring substituents is 1. The van der Waals surface area contributed by atoms with Crippen LogP contribution in [0.5, 0.6) is 0 Å². The molecule has 8 nitrogen and oxygen atoms in total. The molecule has 0 unspecified atom stereocenters. The van der Waals surface area contributed by atoms with Gasteiger partial charge in [0, 0.05) is 24.1 Å². The van der Waals surface area contributed by atoms with Crippen molar-refractivity contribution in [1.82, 2.24) is 4.57 Å². The fourth-order valence-electron chi connectivity index (χ4n) is 2.48. The van der Waals surface area contributed by atoms with E-state index in [0.717, 1.165) is 12.1 Å². The van der Waals surface area contributed by atoms with E-state index in [2.05, 4.69) is 5.32 Å². The molecular formula is C17H11FN4O4. The molecule has 0 aliphatic rings. The number of carbonyl (C=O) groups excluding carboxylic acids is 1. The van der Waals surface area contributed by atoms with Crippen LogP contribution < -0.4 is 5.32 Å². The summed E-state index contributed by atoms with van der Waals surface area (Å²) >= 11 is 0. The zero-order chi connectivity index (χ0) is 18.8. The first-order valence-corrected chi connectivity index (χ1v) is 7.34. The topological polar surface area (TPSA) is 114 Å². The van der Waals surface area contributed by atoms with Crippen LogP contribution in [0.1, 0.15) is 21.7 Å². The molecule has 2 aromatic heterocycles. The molecule has 0 radical (unpaired) electrons. The highest BCUT2D eigenvalue weighted by atomic mass is 19.1. The van der Waals surface area contributed by atoms with E-state index >= 15 is 0 Å². The van der Waals surface area contributed by atoms with Gasteiger partial charge in [0.25, 0.3) is 5.91 Å². The maximum atomic E-state index is 13.4. The van der Waals surface area contributed by atoms with Crippen LogP contribution in [-0.2, 0) is 0 Å². The van der Waals surface area contributed by atoms with E-state index in [9.17, 15) is 24.6 Å². The van der Waals surface area contributed by atoms with Crippen molar-refractivity contribution in [2.45, 2.75) is 6.92 Å². The monoisotopic (exact) mass is 354 g/mol. The quantitative estimate of drug-likeness (QED) is 0.568. The Kier molecular flexibility index (Phi) is 4.24. The molecule has 26 heavy (non-hydrogen) atoms. The predicted molar refractivity (Wildman–Crippen MR) is 88.5 cm³/mol. The van der Waals surface area contributed by atoms with Gasteiger partial charge in [-0.25, -0.2) is 0 Å². The molecular weight excluding hydrogens is 343 g/mol. The second-order valence-electron chi connectivity index (χ2n) is 5.29. The lowest BCUT2D eigenvalue weighted by atomic mass is 10.1. The summed E-state index contributed by atoms with van der Waals surface area (Å²) in [5, 5.41) is 22.7. The van der Waals surface area contributed by atoms with Crippen LogP contribution in [-0.4, -0.2) is 15.4 Å². The number of benzene rings is 1. The molecule has 3 rings (SSSR count). The molecule has 0 saturated heterocycles. The number of anilines is 1. The third-order valence-electron chi connectivity index (χ3n) is 3.64. The molecule has 0 fully saturated rings. The van der Waals surface area contributed by atoms with E-state index < -0.39 is 22.3 Å². The molecule has 9 heteroatoms. The SMILES string of the molecule is Cc1oc(-n2cccc2)c(C#N)c1C(=O)Nc1ccc(F)c([N+](=O)[O-])c1. The molecule has 130 valence electrons. The van der Waals surface area contributed by atoms with Gasteiger partial charge in [0.05, 0.1) is 4.92 Å². The second kappa shape index (κ2) is 6.52. The van der Waals surface area contributed by atoms with Crippen molar-refractivity contribution in [2.75, 3.05) is 5.32 Å². The highest BCUT2D eigenvalue weighted by molar-refractivity contribution is 6.07. The number of aryl methyl sites for hydroxylation is 1. The van der Waals surface area contributed by atoms with Gasteiger partial charge in [-0.2, -0.15) is 9.65 Å². The lowest BCUT2D eigenvalue weighted by Gasteiger charge is -2.05. The van der Waals surface area contributed by atoms with Crippen molar-refractivity contribution in [3.8, 4) is 12.0 Å². The fourth-order valence-corrected chi connectivity index (χ4v) is 2.48. The fraction of sp³-hybridized carbons (Fsp3) is 0.0588. The van der Waals surface area contributed by atoms with Gasteiger partial charge in [-0.05, 0) is 31.2 Å². The highest BCUT2D eigenvalue weighted by Gasteiger charge is 2.25. The van der Waals surface area contributed by atoms with Crippen molar-refractivity contribution in [1.29, 1.82) is 5.26 Å². The van der Waals surface area contributed by atoms with Gasteiger partial charge in [-0.1, -0.05) is 0 Å². The third-order valence-corrected chi connectivity index (χ3v) is 3.64. The molecule has 0 aliphatic carbocycles. The van der Waals surface area contributed by atoms with Crippen molar-refractivity contribution in [3.05, 3.63) is 75.5 Å². The van der Waals surface area contributed by atoms with Gasteiger partial charge >= 0.3 is 5.69 Å². The summed E-state index contributed by atoms with van der Waals surface area (Å²) in [7, 11) is 0. The van der Waals surface area contributed by atoms with Crippen molar-refractivity contribution in [3.63, 3.8) is 0 Å². The number of rotatable bonds is 4. The Morgan fingerprint density at radius 1 is 1.38 bits per heavy atom. The van der Waals surface area contributed by atoms with Crippen LogP contribution in [0.4, 0.5) is 15.8 Å². The Morgan fingerprint density at radius 3 is 2.69 bits per heavy atom. The van der Waals surface area contributed by atoms with E-state index in [-0.39, 0.29) is 28.5 Å². The highest BCUT2D eigenvalue weighted by Crippen LogP contribution is 2.27. The number of aromatic nitrogens is 1. The van der Waals surface area contributed by atoms with Crippen LogP contribution in [0.25, 0.3) is 5.88 Å². The summed E-state index contributed by atoms with van der Waals surface area (Å²) < 4.78 is 20.5. The number of furan rings is 1. The number of halogens is 1. The van der Waals surface area contributed by atoms with E-state index in [1.54, 1.807) is 29.1 Å². The zero-order valence-corrected chi connectivity index (χ0v) is 13.4. The Morgan fingerprint density at radius 2 is 2.08 bits per heavy atom. The van der Waals surface area contributed by atoms with E-state index in [4.69, 9.17) is 4.42 Å². The summed E-state index contributed by atoms with van der Waals surface area (Å²) in [6.07, 6.45) is 3.31. The van der Waals surface area contributed by atoms with Crippen LogP contribution in [0, 0.1) is 34.2 Å². The minimum Gasteiger partial charge on any atom is -0.443 e. The standard InChI is InChI=1S/C17H11FN4O4/c1-10-15(12(9-19)17(26-10)21-6-2-3-7-21)16(23)20-11-4-5-13(18)14(8-11)22(24)25/h2-8H,1H3,(H,20,23). The van der Waals surface area contributed by atoms with Crippen LogP contribution in [0.3, 0.4) is 0 Å². The number of hydrogen-bond acceptors (Lipinski definition) is 5. The number of nitrogens with one attached hydrogen (secondary N) is 1. The summed E-state index contributed by atoms with van der Waals surface area (Å²) in [5.41, 5.74) is -0.716. The first-order valence-electron chi connectivity index (χ1n) is 7.34. The number of carbonyl (C=O) groups is 1. The van der Waals surface area contributed by atoms with E-state index in [1.807, 2.05) is 6.07 Å². The van der Waals surface area contributed by atoms with Gasteiger partial charge in [0.15, 0.2) is 0 Å². The van der Waals surface area contributed by atoms with Gasteiger partial charge in [0.1, 0.15) is 23.0 Å². The molecule has 0 saturated carbocycles. The first-order chi connectivity index (χ1) is 12.4. The lowest BCUT2D eigenvalue weighted by Crippen LogP contribution is -2.14. The van der Waals surface area contributed by atoms with Gasteiger partial charge in [-0.15, -0.1) is 0 Å². The van der Waals surface area contributed by atoms with E-state index in [0.29, 0.717) is 0 Å². The zero-order valence-electron chi connectivity index (χ0n) is 13.4. The molecule has 1 amide bonds. The molecule has 0 atom stereocenters. The van der Waals surface area contributed by atoms with Gasteiger partial charge in [-0.3, -0.25) is 19.5 Å². The smallest absolute Gasteiger partial charge is 0.306 e. The number of nitrogens with zero attached hydrogens (tertiary/aromatic N) is 3. The molecule has 0 aliphatic heterocycles. The molecule has 0 bridgehead atoms. The Labute approximate surface area is 146 Å². The normalized spacial score (nSPS) is 10.3. The molecule has 1 N–H and O–H groups in total. The number of amides is 1.